The first-order valence-corrected chi connectivity index (χ1v) is 10.9. The fraction of sp³-hybridized carbons (Fsp3) is 0.269. The summed E-state index contributed by atoms with van der Waals surface area (Å²) in [6.07, 6.45) is 0. The zero-order chi connectivity index (χ0) is 24.1. The van der Waals surface area contributed by atoms with Crippen molar-refractivity contribution in [1.29, 1.82) is 0 Å². The van der Waals surface area contributed by atoms with E-state index in [2.05, 4.69) is 15.0 Å². The van der Waals surface area contributed by atoms with Crippen molar-refractivity contribution < 1.29 is 18.9 Å². The Labute approximate surface area is 197 Å². The SMILES string of the molecule is COc1cc(OC)c2c(=O)[nH]c(-c3cc(C)c(OCCOCc4ccccc4)c(C)c3)nc2n1. The summed E-state index contributed by atoms with van der Waals surface area (Å²) in [5.41, 5.74) is 3.65. The molecule has 0 aliphatic heterocycles. The number of hydrogen-bond donors (Lipinski definition) is 1. The van der Waals surface area contributed by atoms with Crippen LogP contribution in [0, 0.1) is 13.8 Å². The van der Waals surface area contributed by atoms with Gasteiger partial charge in [0.15, 0.2) is 5.65 Å². The molecule has 0 amide bonds. The van der Waals surface area contributed by atoms with Crippen LogP contribution in [0.25, 0.3) is 22.4 Å². The van der Waals surface area contributed by atoms with Gasteiger partial charge in [-0.05, 0) is 42.7 Å². The molecule has 0 aliphatic rings. The van der Waals surface area contributed by atoms with Gasteiger partial charge >= 0.3 is 0 Å². The molecule has 0 saturated carbocycles. The van der Waals surface area contributed by atoms with Crippen molar-refractivity contribution in [2.24, 2.45) is 0 Å². The van der Waals surface area contributed by atoms with Gasteiger partial charge in [-0.15, -0.1) is 0 Å². The Hall–Kier alpha value is -3.91. The van der Waals surface area contributed by atoms with Crippen molar-refractivity contribution in [3.63, 3.8) is 0 Å². The van der Waals surface area contributed by atoms with E-state index in [9.17, 15) is 4.79 Å². The zero-order valence-electron chi connectivity index (χ0n) is 19.7. The molecule has 0 spiro atoms. The fourth-order valence-corrected chi connectivity index (χ4v) is 3.77. The molecular formula is C26H27N3O5. The van der Waals surface area contributed by atoms with E-state index in [4.69, 9.17) is 18.9 Å². The van der Waals surface area contributed by atoms with E-state index in [-0.39, 0.29) is 16.6 Å². The van der Waals surface area contributed by atoms with Crippen LogP contribution in [0.3, 0.4) is 0 Å². The van der Waals surface area contributed by atoms with E-state index in [1.54, 1.807) is 6.07 Å². The molecule has 2 heterocycles. The monoisotopic (exact) mass is 461 g/mol. The van der Waals surface area contributed by atoms with Crippen molar-refractivity contribution in [3.05, 3.63) is 75.6 Å². The number of ether oxygens (including phenoxy) is 4. The summed E-state index contributed by atoms with van der Waals surface area (Å²) in [6.45, 7) is 5.37. The molecule has 0 fully saturated rings. The Morgan fingerprint density at radius 3 is 2.32 bits per heavy atom. The smallest absolute Gasteiger partial charge is 0.264 e. The number of methoxy groups -OCH3 is 2. The molecular weight excluding hydrogens is 434 g/mol. The van der Waals surface area contributed by atoms with E-state index in [0.29, 0.717) is 37.3 Å². The van der Waals surface area contributed by atoms with Crippen LogP contribution >= 0.6 is 0 Å². The van der Waals surface area contributed by atoms with Gasteiger partial charge in [0, 0.05) is 11.6 Å². The molecule has 176 valence electrons. The van der Waals surface area contributed by atoms with Crippen molar-refractivity contribution in [1.82, 2.24) is 15.0 Å². The summed E-state index contributed by atoms with van der Waals surface area (Å²) >= 11 is 0. The summed E-state index contributed by atoms with van der Waals surface area (Å²) < 4.78 is 22.2. The lowest BCUT2D eigenvalue weighted by Gasteiger charge is -2.14. The molecule has 1 N–H and O–H groups in total. The highest BCUT2D eigenvalue weighted by atomic mass is 16.5. The van der Waals surface area contributed by atoms with Gasteiger partial charge < -0.3 is 23.9 Å². The maximum absolute atomic E-state index is 12.8. The molecule has 0 radical (unpaired) electrons. The van der Waals surface area contributed by atoms with E-state index >= 15 is 0 Å². The molecule has 4 rings (SSSR count). The average molecular weight is 462 g/mol. The van der Waals surface area contributed by atoms with Gasteiger partial charge in [0.05, 0.1) is 27.4 Å². The minimum absolute atomic E-state index is 0.251. The molecule has 0 atom stereocenters. The number of nitrogens with one attached hydrogen (secondary N) is 1. The molecule has 4 aromatic rings. The second-order valence-electron chi connectivity index (χ2n) is 7.81. The van der Waals surface area contributed by atoms with E-state index < -0.39 is 0 Å². The topological polar surface area (TPSA) is 95.6 Å². The van der Waals surface area contributed by atoms with Gasteiger partial charge in [-0.3, -0.25) is 4.79 Å². The lowest BCUT2D eigenvalue weighted by atomic mass is 10.0. The molecule has 0 bridgehead atoms. The first kappa shape index (κ1) is 23.3. The summed E-state index contributed by atoms with van der Waals surface area (Å²) in [6, 6.07) is 15.4. The highest BCUT2D eigenvalue weighted by Gasteiger charge is 2.16. The number of pyridine rings is 1. The number of aromatic nitrogens is 3. The highest BCUT2D eigenvalue weighted by molar-refractivity contribution is 5.83. The van der Waals surface area contributed by atoms with E-state index in [1.165, 1.54) is 14.2 Å². The van der Waals surface area contributed by atoms with Crippen LogP contribution in [0.15, 0.2) is 53.3 Å². The Balaban J connectivity index is 1.52. The minimum atomic E-state index is -0.335. The third-order valence-corrected chi connectivity index (χ3v) is 5.37. The number of H-pyrrole nitrogens is 1. The van der Waals surface area contributed by atoms with Gasteiger partial charge in [0.2, 0.25) is 5.88 Å². The quantitative estimate of drug-likeness (QED) is 0.373. The second-order valence-corrected chi connectivity index (χ2v) is 7.81. The van der Waals surface area contributed by atoms with Crippen LogP contribution < -0.4 is 19.8 Å². The summed E-state index contributed by atoms with van der Waals surface area (Å²) in [5, 5.41) is 0.274. The van der Waals surface area contributed by atoms with Crippen molar-refractivity contribution in [2.45, 2.75) is 20.5 Å². The fourth-order valence-electron chi connectivity index (χ4n) is 3.77. The second kappa shape index (κ2) is 10.4. The minimum Gasteiger partial charge on any atom is -0.496 e. The number of hydrogen-bond acceptors (Lipinski definition) is 7. The van der Waals surface area contributed by atoms with Gasteiger partial charge in [0.25, 0.3) is 5.56 Å². The van der Waals surface area contributed by atoms with E-state index in [1.807, 2.05) is 56.3 Å². The number of rotatable bonds is 9. The van der Waals surface area contributed by atoms with E-state index in [0.717, 1.165) is 28.0 Å². The van der Waals surface area contributed by atoms with Crippen molar-refractivity contribution >= 4 is 11.0 Å². The van der Waals surface area contributed by atoms with Crippen LogP contribution in [0.2, 0.25) is 0 Å². The van der Waals surface area contributed by atoms with Crippen LogP contribution in [0.5, 0.6) is 17.4 Å². The Morgan fingerprint density at radius 2 is 1.65 bits per heavy atom. The summed E-state index contributed by atoms with van der Waals surface area (Å²) in [5.74, 6) is 1.87. The molecule has 34 heavy (non-hydrogen) atoms. The number of nitrogens with zero attached hydrogens (tertiary/aromatic N) is 2. The van der Waals surface area contributed by atoms with Gasteiger partial charge in [-0.2, -0.15) is 4.98 Å². The Morgan fingerprint density at radius 1 is 0.912 bits per heavy atom. The summed E-state index contributed by atoms with van der Waals surface area (Å²) in [7, 11) is 2.99. The first-order valence-electron chi connectivity index (χ1n) is 10.9. The van der Waals surface area contributed by atoms with Crippen molar-refractivity contribution in [3.8, 4) is 28.8 Å². The predicted octanol–water partition coefficient (Wildman–Crippen LogP) is 4.21. The predicted molar refractivity (Wildman–Crippen MR) is 130 cm³/mol. The molecule has 2 aromatic carbocycles. The third kappa shape index (κ3) is 5.02. The van der Waals surface area contributed by atoms with Crippen LogP contribution in [0.1, 0.15) is 16.7 Å². The number of aryl methyl sites for hydroxylation is 2. The molecule has 2 aromatic heterocycles. The standard InChI is InChI=1S/C26H27N3O5/c1-16-12-19(13-17(2)23(16)34-11-10-33-15-18-8-6-5-7-9-18)24-28-25-22(26(30)29-24)20(31-3)14-21(27-25)32-4/h5-9,12-14H,10-11,15H2,1-4H3,(H,27,28,29,30). The Bertz CT molecular complexity index is 1330. The molecule has 8 nitrogen and oxygen atoms in total. The maximum Gasteiger partial charge on any atom is 0.264 e. The molecule has 0 aliphatic carbocycles. The zero-order valence-corrected chi connectivity index (χ0v) is 19.7. The van der Waals surface area contributed by atoms with Crippen molar-refractivity contribution in [2.75, 3.05) is 27.4 Å². The Kier molecular flexibility index (Phi) is 7.08. The van der Waals surface area contributed by atoms with Crippen LogP contribution in [-0.2, 0) is 11.3 Å². The summed E-state index contributed by atoms with van der Waals surface area (Å²) in [4.78, 5) is 24.5. The molecule has 8 heteroatoms. The average Bonchev–Trinajstić information content (AvgIpc) is 2.84. The van der Waals surface area contributed by atoms with Gasteiger partial charge in [0.1, 0.15) is 29.3 Å². The van der Waals surface area contributed by atoms with Crippen LogP contribution in [-0.4, -0.2) is 42.4 Å². The third-order valence-electron chi connectivity index (χ3n) is 5.37. The number of benzene rings is 2. The number of aromatic amines is 1. The lowest BCUT2D eigenvalue weighted by molar-refractivity contribution is 0.0885. The first-order chi connectivity index (χ1) is 16.5. The molecule has 0 saturated heterocycles. The maximum atomic E-state index is 12.8. The lowest BCUT2D eigenvalue weighted by Crippen LogP contribution is -2.12. The number of fused-ring (bicyclic) bond motifs is 1. The molecule has 0 unspecified atom stereocenters. The normalized spacial score (nSPS) is 10.9. The van der Waals surface area contributed by atoms with Crippen LogP contribution in [0.4, 0.5) is 0 Å². The van der Waals surface area contributed by atoms with Gasteiger partial charge in [-0.25, -0.2) is 4.98 Å². The highest BCUT2D eigenvalue weighted by Crippen LogP contribution is 2.30. The largest absolute Gasteiger partial charge is 0.496 e. The van der Waals surface area contributed by atoms with Gasteiger partial charge in [-0.1, -0.05) is 30.3 Å².